The molecule has 0 saturated carbocycles. The van der Waals surface area contributed by atoms with Gasteiger partial charge < -0.3 is 24.3 Å². The number of fused-ring (bicyclic) bond motifs is 1. The highest BCUT2D eigenvalue weighted by Gasteiger charge is 2.48. The number of benzene rings is 3. The van der Waals surface area contributed by atoms with Crippen molar-refractivity contribution < 1.29 is 28.9 Å². The van der Waals surface area contributed by atoms with Crippen molar-refractivity contribution in [2.75, 3.05) is 25.7 Å². The van der Waals surface area contributed by atoms with Crippen LogP contribution < -0.4 is 19.1 Å². The highest BCUT2D eigenvalue weighted by molar-refractivity contribution is 6.51. The topological polar surface area (TPSA) is 114 Å². The lowest BCUT2D eigenvalue weighted by Crippen LogP contribution is -2.30. The second-order valence-electron chi connectivity index (χ2n) is 8.32. The van der Waals surface area contributed by atoms with Gasteiger partial charge in [-0.3, -0.25) is 14.5 Å². The number of Topliss-reactive ketones (excluding diaryl/α,β-unsaturated/α-hetero) is 1. The predicted molar refractivity (Wildman–Crippen MR) is 138 cm³/mol. The minimum atomic E-state index is -0.989. The number of carbonyl (C=O) groups excluding carboxylic acids is 2. The number of nitrogens with zero attached hydrogens (tertiary/aromatic N) is 2. The zero-order chi connectivity index (χ0) is 26.1. The van der Waals surface area contributed by atoms with Crippen molar-refractivity contribution in [2.24, 2.45) is 0 Å². The van der Waals surface area contributed by atoms with E-state index in [2.05, 4.69) is 9.97 Å². The molecule has 1 amide bonds. The molecular formula is C28H25N3O6. The largest absolute Gasteiger partial charge is 0.507 e. The molecule has 1 fully saturated rings. The first kappa shape index (κ1) is 23.9. The number of imidazole rings is 1. The molecule has 0 bridgehead atoms. The third kappa shape index (κ3) is 4.14. The molecular weight excluding hydrogens is 474 g/mol. The highest BCUT2D eigenvalue weighted by Crippen LogP contribution is 2.44. The molecule has 1 unspecified atom stereocenters. The number of H-pyrrole nitrogens is 1. The van der Waals surface area contributed by atoms with Gasteiger partial charge in [0.1, 0.15) is 11.5 Å². The molecule has 9 heteroatoms. The summed E-state index contributed by atoms with van der Waals surface area (Å²) in [4.78, 5) is 35.9. The van der Waals surface area contributed by atoms with Crippen LogP contribution in [-0.2, 0) is 9.59 Å². The Morgan fingerprint density at radius 3 is 2.54 bits per heavy atom. The number of ether oxygens (including phenoxy) is 3. The van der Waals surface area contributed by atoms with Crippen LogP contribution in [0, 0.1) is 0 Å². The van der Waals surface area contributed by atoms with Gasteiger partial charge in [-0.25, -0.2) is 4.98 Å². The number of carbonyl (C=O) groups is 2. The number of aliphatic hydroxyl groups excluding tert-OH is 1. The Labute approximate surface area is 212 Å². The molecule has 0 aliphatic carbocycles. The van der Waals surface area contributed by atoms with Gasteiger partial charge in [-0.1, -0.05) is 30.3 Å². The van der Waals surface area contributed by atoms with Gasteiger partial charge in [0.05, 0.1) is 43.5 Å². The van der Waals surface area contributed by atoms with Gasteiger partial charge in [-0.2, -0.15) is 0 Å². The quantitative estimate of drug-likeness (QED) is 0.217. The molecule has 4 aromatic rings. The Morgan fingerprint density at radius 2 is 1.81 bits per heavy atom. The number of hydrogen-bond acceptors (Lipinski definition) is 7. The summed E-state index contributed by atoms with van der Waals surface area (Å²) in [6, 6.07) is 18.1. The van der Waals surface area contributed by atoms with E-state index < -0.39 is 17.7 Å². The van der Waals surface area contributed by atoms with Gasteiger partial charge in [0.25, 0.3) is 5.78 Å². The van der Waals surface area contributed by atoms with E-state index in [0.29, 0.717) is 46.0 Å². The van der Waals surface area contributed by atoms with E-state index in [-0.39, 0.29) is 17.3 Å². The fourth-order valence-corrected chi connectivity index (χ4v) is 4.48. The maximum atomic E-state index is 13.5. The Hall–Kier alpha value is -4.79. The molecule has 1 aromatic heterocycles. The standard InChI is InChI=1S/C28H25N3O6/c1-4-37-22-15-16(12-13-21(22)36-3)24-23(25(32)17-8-7-9-18(14-17)35-2)26(33)27(34)31(24)28-29-19-10-5-6-11-20(19)30-28/h5-15,24,32H,4H2,1-3H3,(H,29,30)/b25-23+. The zero-order valence-corrected chi connectivity index (χ0v) is 20.5. The molecule has 37 heavy (non-hydrogen) atoms. The van der Waals surface area contributed by atoms with Gasteiger partial charge in [0.15, 0.2) is 11.5 Å². The Kier molecular flexibility index (Phi) is 6.27. The normalized spacial score (nSPS) is 16.8. The van der Waals surface area contributed by atoms with Crippen molar-refractivity contribution in [1.82, 2.24) is 9.97 Å². The molecule has 3 aromatic carbocycles. The zero-order valence-electron chi connectivity index (χ0n) is 20.5. The molecule has 1 atom stereocenters. The second-order valence-corrected chi connectivity index (χ2v) is 8.32. The molecule has 188 valence electrons. The van der Waals surface area contributed by atoms with E-state index in [1.807, 2.05) is 25.1 Å². The van der Waals surface area contributed by atoms with Crippen molar-refractivity contribution in [1.29, 1.82) is 0 Å². The van der Waals surface area contributed by atoms with Crippen molar-refractivity contribution >= 4 is 34.4 Å². The summed E-state index contributed by atoms with van der Waals surface area (Å²) in [5, 5.41) is 11.4. The van der Waals surface area contributed by atoms with Gasteiger partial charge in [-0.15, -0.1) is 0 Å². The maximum absolute atomic E-state index is 13.5. The van der Waals surface area contributed by atoms with Crippen LogP contribution in [0.25, 0.3) is 16.8 Å². The Bertz CT molecular complexity index is 1510. The number of rotatable bonds is 7. The first-order chi connectivity index (χ1) is 18.0. The molecule has 9 nitrogen and oxygen atoms in total. The number of methoxy groups -OCH3 is 2. The molecule has 0 spiro atoms. The minimum Gasteiger partial charge on any atom is -0.507 e. The monoisotopic (exact) mass is 499 g/mol. The SMILES string of the molecule is CCOc1cc(C2/C(=C(\O)c3cccc(OC)c3)C(=O)C(=O)N2c2nc3ccccc3[nH]2)ccc1OC. The average Bonchev–Trinajstić information content (AvgIpc) is 3.46. The van der Waals surface area contributed by atoms with Crippen LogP contribution in [0.5, 0.6) is 17.2 Å². The summed E-state index contributed by atoms with van der Waals surface area (Å²) in [5.74, 6) is -0.350. The lowest BCUT2D eigenvalue weighted by Gasteiger charge is -2.24. The number of aromatic nitrogens is 2. The number of amides is 1. The predicted octanol–water partition coefficient (Wildman–Crippen LogP) is 4.61. The van der Waals surface area contributed by atoms with Gasteiger partial charge in [-0.05, 0) is 48.9 Å². The number of aliphatic hydroxyl groups is 1. The highest BCUT2D eigenvalue weighted by atomic mass is 16.5. The van der Waals surface area contributed by atoms with Crippen LogP contribution in [0.15, 0.2) is 72.3 Å². The number of anilines is 1. The smallest absolute Gasteiger partial charge is 0.302 e. The lowest BCUT2D eigenvalue weighted by molar-refractivity contribution is -0.132. The van der Waals surface area contributed by atoms with E-state index in [0.717, 1.165) is 0 Å². The maximum Gasteiger partial charge on any atom is 0.302 e. The average molecular weight is 500 g/mol. The van der Waals surface area contributed by atoms with E-state index in [9.17, 15) is 14.7 Å². The van der Waals surface area contributed by atoms with E-state index in [1.54, 1.807) is 48.5 Å². The summed E-state index contributed by atoms with van der Waals surface area (Å²) in [5.41, 5.74) is 2.14. The van der Waals surface area contributed by atoms with Crippen LogP contribution in [0.3, 0.4) is 0 Å². The summed E-state index contributed by atoms with van der Waals surface area (Å²) >= 11 is 0. The second kappa shape index (κ2) is 9.69. The van der Waals surface area contributed by atoms with Gasteiger partial charge in [0.2, 0.25) is 5.95 Å². The number of aromatic amines is 1. The summed E-state index contributed by atoms with van der Waals surface area (Å²) < 4.78 is 16.4. The fourth-order valence-electron chi connectivity index (χ4n) is 4.48. The minimum absolute atomic E-state index is 0.0775. The van der Waals surface area contributed by atoms with Crippen LogP contribution in [0.1, 0.15) is 24.1 Å². The Morgan fingerprint density at radius 1 is 1.00 bits per heavy atom. The summed E-state index contributed by atoms with van der Waals surface area (Å²) in [6.07, 6.45) is 0. The molecule has 1 aliphatic rings. The molecule has 0 radical (unpaired) electrons. The van der Waals surface area contributed by atoms with Crippen molar-refractivity contribution in [3.63, 3.8) is 0 Å². The number of ketones is 1. The van der Waals surface area contributed by atoms with Gasteiger partial charge in [0, 0.05) is 5.56 Å². The number of para-hydroxylation sites is 2. The van der Waals surface area contributed by atoms with Crippen LogP contribution >= 0.6 is 0 Å². The first-order valence-electron chi connectivity index (χ1n) is 11.7. The molecule has 2 N–H and O–H groups in total. The molecule has 5 rings (SSSR count). The summed E-state index contributed by atoms with van der Waals surface area (Å²) in [6.45, 7) is 2.22. The van der Waals surface area contributed by atoms with E-state index in [1.165, 1.54) is 19.1 Å². The van der Waals surface area contributed by atoms with E-state index in [4.69, 9.17) is 14.2 Å². The van der Waals surface area contributed by atoms with E-state index >= 15 is 0 Å². The summed E-state index contributed by atoms with van der Waals surface area (Å²) in [7, 11) is 3.03. The molecule has 1 saturated heterocycles. The van der Waals surface area contributed by atoms with Crippen LogP contribution in [-0.4, -0.2) is 47.6 Å². The fraction of sp³-hybridized carbons (Fsp3) is 0.179. The third-order valence-corrected chi connectivity index (χ3v) is 6.20. The third-order valence-electron chi connectivity index (χ3n) is 6.20. The lowest BCUT2D eigenvalue weighted by atomic mass is 9.95. The Balaban J connectivity index is 1.74. The van der Waals surface area contributed by atoms with Crippen molar-refractivity contribution in [2.45, 2.75) is 13.0 Å². The van der Waals surface area contributed by atoms with Crippen LogP contribution in [0.4, 0.5) is 5.95 Å². The van der Waals surface area contributed by atoms with Crippen molar-refractivity contribution in [3.05, 3.63) is 83.4 Å². The molecule has 1 aliphatic heterocycles. The van der Waals surface area contributed by atoms with Crippen LogP contribution in [0.2, 0.25) is 0 Å². The number of hydrogen-bond donors (Lipinski definition) is 2. The van der Waals surface area contributed by atoms with Crippen molar-refractivity contribution in [3.8, 4) is 17.2 Å². The molecule has 2 heterocycles. The number of nitrogens with one attached hydrogen (secondary N) is 1. The first-order valence-corrected chi connectivity index (χ1v) is 11.7. The van der Waals surface area contributed by atoms with Gasteiger partial charge >= 0.3 is 5.91 Å².